The summed E-state index contributed by atoms with van der Waals surface area (Å²) in [4.78, 5) is 29.4. The summed E-state index contributed by atoms with van der Waals surface area (Å²) >= 11 is 1.52. The maximum Gasteiger partial charge on any atom is 0.291 e. The molecule has 0 radical (unpaired) electrons. The Bertz CT molecular complexity index is 1250. The summed E-state index contributed by atoms with van der Waals surface area (Å²) in [6.07, 6.45) is 0. The molecule has 0 unspecified atom stereocenters. The minimum Gasteiger partial charge on any atom is -0.365 e. The van der Waals surface area contributed by atoms with E-state index in [1.165, 1.54) is 11.3 Å². The van der Waals surface area contributed by atoms with Gasteiger partial charge in [-0.15, -0.1) is 11.3 Å². The van der Waals surface area contributed by atoms with Crippen molar-refractivity contribution in [1.29, 1.82) is 0 Å². The highest BCUT2D eigenvalue weighted by atomic mass is 32.1. The van der Waals surface area contributed by atoms with Crippen LogP contribution < -0.4 is 16.3 Å². The molecule has 3 heterocycles. The van der Waals surface area contributed by atoms with Gasteiger partial charge in [0, 0.05) is 34.8 Å². The number of carbonyl (C=O) groups excluding carboxylic acids is 1. The fraction of sp³-hybridized carbons (Fsp3) is 0.158. The Morgan fingerprint density at radius 3 is 2.68 bits per heavy atom. The monoisotopic (exact) mass is 394 g/mol. The number of fused-ring (bicyclic) bond motifs is 1. The van der Waals surface area contributed by atoms with E-state index < -0.39 is 5.91 Å². The van der Waals surface area contributed by atoms with E-state index in [-0.39, 0.29) is 11.3 Å². The number of carbonyl (C=O) groups is 1. The summed E-state index contributed by atoms with van der Waals surface area (Å²) < 4.78 is 1.71. The van der Waals surface area contributed by atoms with Crippen LogP contribution in [0.15, 0.2) is 40.5 Å². The van der Waals surface area contributed by atoms with Crippen LogP contribution in [0.3, 0.4) is 0 Å². The zero-order valence-corrected chi connectivity index (χ0v) is 16.3. The second-order valence-corrected chi connectivity index (χ2v) is 7.15. The average Bonchev–Trinajstić information content (AvgIpc) is 3.28. The van der Waals surface area contributed by atoms with Crippen LogP contribution in [-0.4, -0.2) is 32.8 Å². The minimum absolute atomic E-state index is 0.162. The molecule has 28 heavy (non-hydrogen) atoms. The van der Waals surface area contributed by atoms with E-state index in [9.17, 15) is 9.59 Å². The highest BCUT2D eigenvalue weighted by Gasteiger charge is 2.18. The third-order valence-electron chi connectivity index (χ3n) is 4.55. The Kier molecular flexibility index (Phi) is 4.44. The number of nitrogens with one attached hydrogen (secondary N) is 3. The van der Waals surface area contributed by atoms with Crippen molar-refractivity contribution < 1.29 is 4.79 Å². The first kappa shape index (κ1) is 17.9. The number of nitrogens with zero attached hydrogens (tertiary/aromatic N) is 3. The van der Waals surface area contributed by atoms with Crippen molar-refractivity contribution in [3.05, 3.63) is 63.1 Å². The van der Waals surface area contributed by atoms with E-state index in [1.54, 1.807) is 28.9 Å². The van der Waals surface area contributed by atoms with Gasteiger partial charge in [0.15, 0.2) is 10.8 Å². The number of anilines is 1. The number of benzene rings is 1. The number of aromatic nitrogens is 4. The predicted octanol–water partition coefficient (Wildman–Crippen LogP) is 2.89. The molecule has 3 aromatic heterocycles. The molecule has 0 bridgehead atoms. The number of amides is 1. The molecule has 4 rings (SSSR count). The fourth-order valence-electron chi connectivity index (χ4n) is 3.15. The molecule has 9 heteroatoms. The zero-order valence-electron chi connectivity index (χ0n) is 15.5. The summed E-state index contributed by atoms with van der Waals surface area (Å²) in [7, 11) is 1.83. The van der Waals surface area contributed by atoms with Crippen LogP contribution in [0.25, 0.3) is 22.0 Å². The topological polar surface area (TPSA) is 105 Å². The lowest BCUT2D eigenvalue weighted by Crippen LogP contribution is -2.27. The Morgan fingerprint density at radius 1 is 1.21 bits per heavy atom. The average molecular weight is 394 g/mol. The van der Waals surface area contributed by atoms with Crippen molar-refractivity contribution >= 4 is 33.1 Å². The molecule has 3 N–H and O–H groups in total. The second-order valence-electron chi connectivity index (χ2n) is 6.30. The molecule has 0 atom stereocenters. The quantitative estimate of drug-likeness (QED) is 0.494. The lowest BCUT2D eigenvalue weighted by Gasteiger charge is -2.12. The summed E-state index contributed by atoms with van der Waals surface area (Å²) in [6.45, 7) is 3.82. The maximum atomic E-state index is 12.9. The van der Waals surface area contributed by atoms with Gasteiger partial charge in [0.25, 0.3) is 11.5 Å². The molecule has 1 aromatic carbocycles. The van der Waals surface area contributed by atoms with Gasteiger partial charge in [0.1, 0.15) is 0 Å². The lowest BCUT2D eigenvalue weighted by atomic mass is 10.1. The normalized spacial score (nSPS) is 11.0. The number of rotatable bonds is 4. The van der Waals surface area contributed by atoms with Crippen molar-refractivity contribution in [3.63, 3.8) is 0 Å². The molecule has 0 aliphatic rings. The van der Waals surface area contributed by atoms with E-state index in [0.29, 0.717) is 10.8 Å². The first-order valence-electron chi connectivity index (χ1n) is 8.61. The lowest BCUT2D eigenvalue weighted by molar-refractivity contribution is 0.100. The summed E-state index contributed by atoms with van der Waals surface area (Å²) in [5, 5.41) is 13.1. The van der Waals surface area contributed by atoms with E-state index in [1.807, 2.05) is 32.3 Å². The third kappa shape index (κ3) is 2.95. The smallest absolute Gasteiger partial charge is 0.291 e. The third-order valence-corrected chi connectivity index (χ3v) is 5.41. The van der Waals surface area contributed by atoms with Crippen LogP contribution in [0.1, 0.15) is 21.9 Å². The summed E-state index contributed by atoms with van der Waals surface area (Å²) in [5.41, 5.74) is 6.20. The highest BCUT2D eigenvalue weighted by molar-refractivity contribution is 7.14. The number of thiazole rings is 1. The Balaban J connectivity index is 1.71. The van der Waals surface area contributed by atoms with Gasteiger partial charge in [-0.1, -0.05) is 18.2 Å². The molecule has 4 aromatic rings. The van der Waals surface area contributed by atoms with Gasteiger partial charge in [-0.05, 0) is 26.0 Å². The molecule has 0 aliphatic heterocycles. The standard InChI is InChI=1S/C19H18N6O2S/c1-10-8-14(15-9-28-19(20-3)21-15)11(2)25(10)24-18(27)16-12-6-4-5-7-13(12)17(26)23-22-16/h4-9H,1-3H3,(H,20,21)(H,23,26)(H,24,27). The molecule has 8 nitrogen and oxygen atoms in total. The number of aromatic amines is 1. The van der Waals surface area contributed by atoms with Gasteiger partial charge >= 0.3 is 0 Å². The minimum atomic E-state index is -0.407. The Labute approximate surface area is 164 Å². The number of H-pyrrole nitrogens is 1. The van der Waals surface area contributed by atoms with Crippen molar-refractivity contribution in [2.75, 3.05) is 17.8 Å². The van der Waals surface area contributed by atoms with Crippen molar-refractivity contribution in [2.45, 2.75) is 13.8 Å². The van der Waals surface area contributed by atoms with Gasteiger partial charge in [-0.2, -0.15) is 5.10 Å². The van der Waals surface area contributed by atoms with E-state index in [4.69, 9.17) is 0 Å². The molecule has 0 saturated carbocycles. The second kappa shape index (κ2) is 6.93. The van der Waals surface area contributed by atoms with Gasteiger partial charge in [-0.3, -0.25) is 19.7 Å². The van der Waals surface area contributed by atoms with Crippen LogP contribution in [-0.2, 0) is 0 Å². The van der Waals surface area contributed by atoms with Crippen LogP contribution >= 0.6 is 11.3 Å². The van der Waals surface area contributed by atoms with Crippen LogP contribution in [0.4, 0.5) is 5.13 Å². The molecule has 0 spiro atoms. The predicted molar refractivity (Wildman–Crippen MR) is 111 cm³/mol. The summed E-state index contributed by atoms with van der Waals surface area (Å²) in [6, 6.07) is 8.87. The van der Waals surface area contributed by atoms with E-state index >= 15 is 0 Å². The Hall–Kier alpha value is -3.46. The first-order chi connectivity index (χ1) is 13.5. The largest absolute Gasteiger partial charge is 0.365 e. The Morgan fingerprint density at radius 2 is 1.96 bits per heavy atom. The van der Waals surface area contributed by atoms with Gasteiger partial charge in [-0.25, -0.2) is 10.1 Å². The van der Waals surface area contributed by atoms with Crippen LogP contribution in [0, 0.1) is 13.8 Å². The highest BCUT2D eigenvalue weighted by Crippen LogP contribution is 2.29. The van der Waals surface area contributed by atoms with Crippen LogP contribution in [0.2, 0.25) is 0 Å². The van der Waals surface area contributed by atoms with Crippen molar-refractivity contribution in [1.82, 2.24) is 19.9 Å². The van der Waals surface area contributed by atoms with Crippen molar-refractivity contribution in [2.24, 2.45) is 0 Å². The molecule has 0 fully saturated rings. The maximum absolute atomic E-state index is 12.9. The van der Waals surface area contributed by atoms with Gasteiger partial charge < -0.3 is 5.32 Å². The molecule has 0 aliphatic carbocycles. The molecule has 1 amide bonds. The molecular weight excluding hydrogens is 376 g/mol. The molecular formula is C19H18N6O2S. The molecule has 0 saturated heterocycles. The fourth-order valence-corrected chi connectivity index (χ4v) is 3.82. The van der Waals surface area contributed by atoms with Gasteiger partial charge in [0.2, 0.25) is 0 Å². The zero-order chi connectivity index (χ0) is 19.8. The van der Waals surface area contributed by atoms with Crippen molar-refractivity contribution in [3.8, 4) is 11.3 Å². The number of hydrogen-bond donors (Lipinski definition) is 3. The van der Waals surface area contributed by atoms with E-state index in [2.05, 4.69) is 25.9 Å². The van der Waals surface area contributed by atoms with E-state index in [0.717, 1.165) is 27.8 Å². The summed E-state index contributed by atoms with van der Waals surface area (Å²) in [5.74, 6) is -0.407. The number of aryl methyl sites for hydroxylation is 1. The number of hydrogen-bond acceptors (Lipinski definition) is 6. The SMILES string of the molecule is CNc1nc(-c2cc(C)n(NC(=O)c3n[nH]c(=O)c4ccccc34)c2C)cs1. The van der Waals surface area contributed by atoms with Gasteiger partial charge in [0.05, 0.1) is 11.1 Å². The van der Waals surface area contributed by atoms with Crippen LogP contribution in [0.5, 0.6) is 0 Å². The first-order valence-corrected chi connectivity index (χ1v) is 9.49. The molecule has 142 valence electrons.